The zero-order valence-corrected chi connectivity index (χ0v) is 10.7. The van der Waals surface area contributed by atoms with Crippen molar-refractivity contribution in [3.8, 4) is 0 Å². The van der Waals surface area contributed by atoms with Gasteiger partial charge in [0.2, 0.25) is 0 Å². The summed E-state index contributed by atoms with van der Waals surface area (Å²) in [6, 6.07) is 3.58. The van der Waals surface area contributed by atoms with Crippen molar-refractivity contribution in [3.05, 3.63) is 23.7 Å². The molecule has 0 aliphatic carbocycles. The van der Waals surface area contributed by atoms with Crippen molar-refractivity contribution in [3.63, 3.8) is 0 Å². The zero-order chi connectivity index (χ0) is 12.7. The highest BCUT2D eigenvalue weighted by Gasteiger charge is 2.14. The molecule has 0 aliphatic heterocycles. The van der Waals surface area contributed by atoms with E-state index in [1.54, 1.807) is 6.07 Å². The van der Waals surface area contributed by atoms with Crippen molar-refractivity contribution in [2.24, 2.45) is 5.73 Å². The van der Waals surface area contributed by atoms with Crippen molar-refractivity contribution < 1.29 is 9.21 Å². The van der Waals surface area contributed by atoms with Gasteiger partial charge in [-0.05, 0) is 18.6 Å². The summed E-state index contributed by atoms with van der Waals surface area (Å²) in [6.45, 7) is 4.58. The van der Waals surface area contributed by atoms with Gasteiger partial charge in [-0.1, -0.05) is 26.7 Å². The second-order valence-electron chi connectivity index (χ2n) is 4.17. The van der Waals surface area contributed by atoms with Crippen molar-refractivity contribution in [1.82, 2.24) is 5.32 Å². The number of rotatable bonds is 7. The van der Waals surface area contributed by atoms with E-state index < -0.39 is 0 Å². The zero-order valence-electron chi connectivity index (χ0n) is 10.7. The average Bonchev–Trinajstić information content (AvgIpc) is 2.83. The van der Waals surface area contributed by atoms with Gasteiger partial charge in [-0.2, -0.15) is 0 Å². The molecule has 1 unspecified atom stereocenters. The summed E-state index contributed by atoms with van der Waals surface area (Å²) in [7, 11) is 0. The van der Waals surface area contributed by atoms with Gasteiger partial charge < -0.3 is 15.5 Å². The van der Waals surface area contributed by atoms with Crippen molar-refractivity contribution in [1.29, 1.82) is 0 Å². The molecular formula is C13H22N2O2. The molecule has 1 amide bonds. The number of carbonyl (C=O) groups is 1. The Kier molecular flexibility index (Phi) is 5.77. The molecule has 0 bridgehead atoms. The Bertz CT molecular complexity index is 347. The maximum Gasteiger partial charge on any atom is 0.287 e. The van der Waals surface area contributed by atoms with Crippen LogP contribution in [0.4, 0.5) is 0 Å². The Labute approximate surface area is 103 Å². The Morgan fingerprint density at radius 2 is 2.24 bits per heavy atom. The molecule has 0 saturated carbocycles. The number of amides is 1. The van der Waals surface area contributed by atoms with Gasteiger partial charge in [0.15, 0.2) is 5.76 Å². The van der Waals surface area contributed by atoms with Crippen LogP contribution in [0.25, 0.3) is 0 Å². The number of nitrogens with two attached hydrogens (primary N) is 1. The first kappa shape index (κ1) is 13.8. The van der Waals surface area contributed by atoms with Crippen LogP contribution < -0.4 is 11.1 Å². The molecule has 1 heterocycles. The number of hydrogen-bond donors (Lipinski definition) is 2. The predicted molar refractivity (Wildman–Crippen MR) is 67.9 cm³/mol. The molecule has 0 aliphatic rings. The molecule has 17 heavy (non-hydrogen) atoms. The quantitative estimate of drug-likeness (QED) is 0.764. The van der Waals surface area contributed by atoms with Gasteiger partial charge in [0, 0.05) is 19.0 Å². The van der Waals surface area contributed by atoms with Crippen LogP contribution in [-0.2, 0) is 6.42 Å². The van der Waals surface area contributed by atoms with Crippen molar-refractivity contribution in [2.45, 2.75) is 45.6 Å². The third kappa shape index (κ3) is 4.23. The molecule has 0 saturated heterocycles. The minimum Gasteiger partial charge on any atom is -0.456 e. The molecule has 1 atom stereocenters. The summed E-state index contributed by atoms with van der Waals surface area (Å²) in [4.78, 5) is 11.8. The first-order valence-corrected chi connectivity index (χ1v) is 6.30. The maximum atomic E-state index is 11.8. The Morgan fingerprint density at radius 3 is 2.76 bits per heavy atom. The topological polar surface area (TPSA) is 68.3 Å². The maximum absolute atomic E-state index is 11.8. The van der Waals surface area contributed by atoms with E-state index in [-0.39, 0.29) is 11.9 Å². The molecular weight excluding hydrogens is 216 g/mol. The van der Waals surface area contributed by atoms with Crippen molar-refractivity contribution >= 4 is 5.91 Å². The van der Waals surface area contributed by atoms with Gasteiger partial charge in [0.05, 0.1) is 0 Å². The monoisotopic (exact) mass is 238 g/mol. The largest absolute Gasteiger partial charge is 0.456 e. The minimum atomic E-state index is -0.170. The van der Waals surface area contributed by atoms with E-state index in [1.165, 1.54) is 0 Å². The van der Waals surface area contributed by atoms with E-state index in [1.807, 2.05) is 13.0 Å². The molecule has 96 valence electrons. The molecule has 3 N–H and O–H groups in total. The Hall–Kier alpha value is -1.29. The van der Waals surface area contributed by atoms with E-state index in [0.717, 1.165) is 31.4 Å². The lowest BCUT2D eigenvalue weighted by Crippen LogP contribution is -2.40. The molecule has 1 aromatic rings. The molecule has 1 rings (SSSR count). The smallest absolute Gasteiger partial charge is 0.287 e. The standard InChI is InChI=1S/C13H22N2O2/c1-3-5-6-10(9-14)15-13(16)12-8-7-11(4-2)17-12/h7-8,10H,3-6,9,14H2,1-2H3,(H,15,16). The normalized spacial score (nSPS) is 12.4. The Morgan fingerprint density at radius 1 is 1.47 bits per heavy atom. The van der Waals surface area contributed by atoms with Crippen LogP contribution in [0.15, 0.2) is 16.5 Å². The van der Waals surface area contributed by atoms with Gasteiger partial charge in [-0.15, -0.1) is 0 Å². The molecule has 0 spiro atoms. The van der Waals surface area contributed by atoms with Crippen LogP contribution in [0, 0.1) is 0 Å². The van der Waals surface area contributed by atoms with E-state index in [2.05, 4.69) is 12.2 Å². The van der Waals surface area contributed by atoms with Crippen LogP contribution in [-0.4, -0.2) is 18.5 Å². The molecule has 1 aromatic heterocycles. The van der Waals surface area contributed by atoms with E-state index >= 15 is 0 Å². The second kappa shape index (κ2) is 7.12. The lowest BCUT2D eigenvalue weighted by atomic mass is 10.1. The van der Waals surface area contributed by atoms with E-state index in [4.69, 9.17) is 10.2 Å². The molecule has 0 radical (unpaired) electrons. The van der Waals surface area contributed by atoms with Crippen LogP contribution in [0.5, 0.6) is 0 Å². The fourth-order valence-corrected chi connectivity index (χ4v) is 1.65. The third-order valence-electron chi connectivity index (χ3n) is 2.76. The number of furan rings is 1. The summed E-state index contributed by atoms with van der Waals surface area (Å²) in [6.07, 6.45) is 3.89. The molecule has 4 nitrogen and oxygen atoms in total. The van der Waals surface area contributed by atoms with Crippen LogP contribution in [0.3, 0.4) is 0 Å². The summed E-state index contributed by atoms with van der Waals surface area (Å²) in [5, 5.41) is 2.90. The van der Waals surface area contributed by atoms with Gasteiger partial charge >= 0.3 is 0 Å². The van der Waals surface area contributed by atoms with Crippen LogP contribution >= 0.6 is 0 Å². The van der Waals surface area contributed by atoms with Crippen molar-refractivity contribution in [2.75, 3.05) is 6.54 Å². The van der Waals surface area contributed by atoms with E-state index in [9.17, 15) is 4.79 Å². The highest BCUT2D eigenvalue weighted by atomic mass is 16.3. The summed E-state index contributed by atoms with van der Waals surface area (Å²) < 4.78 is 5.39. The van der Waals surface area contributed by atoms with Gasteiger partial charge in [0.1, 0.15) is 5.76 Å². The minimum absolute atomic E-state index is 0.0395. The van der Waals surface area contributed by atoms with Gasteiger partial charge in [0.25, 0.3) is 5.91 Å². The summed E-state index contributed by atoms with van der Waals surface area (Å²) in [5.74, 6) is 1.03. The lowest BCUT2D eigenvalue weighted by Gasteiger charge is -2.15. The van der Waals surface area contributed by atoms with Crippen LogP contribution in [0.2, 0.25) is 0 Å². The fraction of sp³-hybridized carbons (Fsp3) is 0.615. The number of aryl methyl sites for hydroxylation is 1. The highest BCUT2D eigenvalue weighted by Crippen LogP contribution is 2.09. The number of unbranched alkanes of at least 4 members (excludes halogenated alkanes) is 1. The summed E-state index contributed by atoms with van der Waals surface area (Å²) in [5.41, 5.74) is 5.63. The highest BCUT2D eigenvalue weighted by molar-refractivity contribution is 5.91. The Balaban J connectivity index is 2.51. The predicted octanol–water partition coefficient (Wildman–Crippen LogP) is 2.09. The first-order valence-electron chi connectivity index (χ1n) is 6.30. The molecule has 0 aromatic carbocycles. The van der Waals surface area contributed by atoms with Gasteiger partial charge in [-0.3, -0.25) is 4.79 Å². The summed E-state index contributed by atoms with van der Waals surface area (Å²) >= 11 is 0. The number of carbonyl (C=O) groups excluding carboxylic acids is 1. The SMILES string of the molecule is CCCCC(CN)NC(=O)c1ccc(CC)o1. The fourth-order valence-electron chi connectivity index (χ4n) is 1.65. The third-order valence-corrected chi connectivity index (χ3v) is 2.76. The first-order chi connectivity index (χ1) is 8.21. The average molecular weight is 238 g/mol. The number of nitrogens with one attached hydrogen (secondary N) is 1. The van der Waals surface area contributed by atoms with Crippen LogP contribution in [0.1, 0.15) is 49.4 Å². The van der Waals surface area contributed by atoms with Gasteiger partial charge in [-0.25, -0.2) is 0 Å². The molecule has 0 fully saturated rings. The lowest BCUT2D eigenvalue weighted by molar-refractivity contribution is 0.0906. The molecule has 4 heteroatoms. The number of hydrogen-bond acceptors (Lipinski definition) is 3. The second-order valence-corrected chi connectivity index (χ2v) is 4.17. The van der Waals surface area contributed by atoms with E-state index in [0.29, 0.717) is 12.3 Å².